The molecule has 0 fully saturated rings. The third-order valence-corrected chi connectivity index (χ3v) is 3.72. The van der Waals surface area contributed by atoms with E-state index in [2.05, 4.69) is 0 Å². The van der Waals surface area contributed by atoms with Gasteiger partial charge in [-0.15, -0.1) is 11.3 Å². The van der Waals surface area contributed by atoms with E-state index in [1.165, 1.54) is 17.5 Å². The fourth-order valence-corrected chi connectivity index (χ4v) is 2.27. The van der Waals surface area contributed by atoms with Crippen molar-refractivity contribution in [3.8, 4) is 0 Å². The van der Waals surface area contributed by atoms with Gasteiger partial charge < -0.3 is 5.11 Å². The zero-order valence-electron chi connectivity index (χ0n) is 5.22. The first kappa shape index (κ1) is 8.22. The van der Waals surface area contributed by atoms with E-state index in [0.29, 0.717) is 0 Å². The largest absolute Gasteiger partial charge is 0.469 e. The van der Waals surface area contributed by atoms with Gasteiger partial charge in [0, 0.05) is 0 Å². The first-order valence-electron chi connectivity index (χ1n) is 2.56. The maximum absolute atomic E-state index is 10.8. The third-order valence-electron chi connectivity index (χ3n) is 0.990. The number of hydrogen-bond acceptors (Lipinski definition) is 4. The molecule has 0 spiro atoms. The van der Waals surface area contributed by atoms with Gasteiger partial charge in [0.2, 0.25) is 0 Å². The van der Waals surface area contributed by atoms with Crippen LogP contribution in [0.25, 0.3) is 0 Å². The molecule has 6 heteroatoms. The topological polar surface area (TPSA) is 71.4 Å². The van der Waals surface area contributed by atoms with Crippen molar-refractivity contribution < 1.29 is 18.3 Å². The average molecular weight is 192 g/mol. The molecule has 0 atom stereocenters. The van der Waals surface area contributed by atoms with Gasteiger partial charge in [0.15, 0.2) is 0 Å². The van der Waals surface area contributed by atoms with Crippen molar-refractivity contribution in [3.05, 3.63) is 17.5 Å². The van der Waals surface area contributed by atoms with E-state index in [1.54, 1.807) is 0 Å². The van der Waals surface area contributed by atoms with Crippen molar-refractivity contribution >= 4 is 26.5 Å². The van der Waals surface area contributed by atoms with Crippen molar-refractivity contribution in [3.63, 3.8) is 0 Å². The summed E-state index contributed by atoms with van der Waals surface area (Å²) in [6, 6.07) is 2.74. The molecule has 60 valence electrons. The highest BCUT2D eigenvalue weighted by atomic mass is 32.2. The molecule has 0 bridgehead atoms. The van der Waals surface area contributed by atoms with Crippen LogP contribution in [0.4, 0.5) is 4.79 Å². The van der Waals surface area contributed by atoms with E-state index in [4.69, 9.17) is 5.11 Å². The minimum absolute atomic E-state index is 0.134. The molecule has 4 nitrogen and oxygen atoms in total. The lowest BCUT2D eigenvalue weighted by molar-refractivity contribution is 0.219. The number of hydrogen-bond donors (Lipinski definition) is 1. The molecular weight excluding hydrogens is 188 g/mol. The fourth-order valence-electron chi connectivity index (χ4n) is 0.502. The summed E-state index contributed by atoms with van der Waals surface area (Å²) in [4.78, 5) is 10.1. The third kappa shape index (κ3) is 1.41. The second-order valence-corrected chi connectivity index (χ2v) is 4.70. The van der Waals surface area contributed by atoms with Gasteiger partial charge in [-0.3, -0.25) is 0 Å². The molecule has 0 aromatic carbocycles. The van der Waals surface area contributed by atoms with Gasteiger partial charge in [0.1, 0.15) is 4.21 Å². The molecule has 0 aliphatic rings. The highest BCUT2D eigenvalue weighted by Gasteiger charge is 2.24. The van der Waals surface area contributed by atoms with Crippen LogP contribution in [0.15, 0.2) is 21.7 Å². The van der Waals surface area contributed by atoms with E-state index in [1.807, 2.05) is 0 Å². The zero-order valence-corrected chi connectivity index (χ0v) is 6.85. The normalized spacial score (nSPS) is 11.3. The van der Waals surface area contributed by atoms with Gasteiger partial charge in [0.25, 0.3) is 9.84 Å². The number of carbonyl (C=O) groups is 1. The van der Waals surface area contributed by atoms with Gasteiger partial charge >= 0.3 is 5.30 Å². The number of rotatable bonds is 1. The quantitative estimate of drug-likeness (QED) is 0.725. The fraction of sp³-hybridized carbons (Fsp3) is 0. The number of thiophene rings is 1. The lowest BCUT2D eigenvalue weighted by Crippen LogP contribution is -2.09. The van der Waals surface area contributed by atoms with Crippen LogP contribution in [0.5, 0.6) is 0 Å². The molecule has 0 unspecified atom stereocenters. The summed E-state index contributed by atoms with van der Waals surface area (Å²) in [6.07, 6.45) is 0. The molecule has 1 rings (SSSR count). The Morgan fingerprint density at radius 2 is 2.18 bits per heavy atom. The molecule has 11 heavy (non-hydrogen) atoms. The van der Waals surface area contributed by atoms with Crippen LogP contribution in [0.1, 0.15) is 0 Å². The predicted octanol–water partition coefficient (Wildman–Crippen LogP) is 1.20. The van der Waals surface area contributed by atoms with Gasteiger partial charge in [-0.05, 0) is 11.4 Å². The van der Waals surface area contributed by atoms with Crippen molar-refractivity contribution in [1.82, 2.24) is 0 Å². The van der Waals surface area contributed by atoms with Gasteiger partial charge in [-0.2, -0.15) is 0 Å². The van der Waals surface area contributed by atoms with Crippen molar-refractivity contribution in [2.24, 2.45) is 0 Å². The molecule has 1 aromatic heterocycles. The Kier molecular flexibility index (Phi) is 1.97. The Balaban J connectivity index is 3.22. The number of sulfone groups is 1. The summed E-state index contributed by atoms with van der Waals surface area (Å²) in [5, 5.41) is 7.94. The monoisotopic (exact) mass is 192 g/mol. The molecule has 1 heterocycles. The van der Waals surface area contributed by atoms with Crippen LogP contribution >= 0.6 is 11.3 Å². The van der Waals surface area contributed by atoms with Crippen molar-refractivity contribution in [1.29, 1.82) is 0 Å². The first-order chi connectivity index (χ1) is 5.05. The van der Waals surface area contributed by atoms with Crippen LogP contribution in [0.2, 0.25) is 0 Å². The summed E-state index contributed by atoms with van der Waals surface area (Å²) in [7, 11) is -4.10. The van der Waals surface area contributed by atoms with Crippen LogP contribution in [-0.4, -0.2) is 18.8 Å². The summed E-state index contributed by atoms with van der Waals surface area (Å²) in [5.41, 5.74) is 0. The smallest absolute Gasteiger partial charge is 0.427 e. The zero-order chi connectivity index (χ0) is 8.48. The summed E-state index contributed by atoms with van der Waals surface area (Å²) in [6.45, 7) is 0. The highest BCUT2D eigenvalue weighted by Crippen LogP contribution is 2.17. The van der Waals surface area contributed by atoms with Gasteiger partial charge in [0.05, 0.1) is 0 Å². The minimum Gasteiger partial charge on any atom is -0.469 e. The molecule has 0 aliphatic carbocycles. The van der Waals surface area contributed by atoms with Crippen LogP contribution in [0, 0.1) is 0 Å². The lowest BCUT2D eigenvalue weighted by atomic mass is 10.7. The Morgan fingerprint density at radius 3 is 2.55 bits per heavy atom. The summed E-state index contributed by atoms with van der Waals surface area (Å²) >= 11 is 0.889. The van der Waals surface area contributed by atoms with E-state index in [9.17, 15) is 13.2 Å². The standard InChI is InChI=1S/C5H4O4S2/c6-5(7)11(8,9)4-2-1-3-10-4/h1-3H,(H,6,7). The minimum atomic E-state index is -4.10. The Labute approximate surface area is 67.0 Å². The second-order valence-electron chi connectivity index (χ2n) is 1.70. The molecule has 0 saturated carbocycles. The molecule has 1 aromatic rings. The second kappa shape index (κ2) is 2.63. The van der Waals surface area contributed by atoms with Gasteiger partial charge in [-0.25, -0.2) is 13.2 Å². The maximum Gasteiger partial charge on any atom is 0.427 e. The van der Waals surface area contributed by atoms with E-state index in [-0.39, 0.29) is 4.21 Å². The van der Waals surface area contributed by atoms with Crippen LogP contribution in [0.3, 0.4) is 0 Å². The highest BCUT2D eigenvalue weighted by molar-refractivity contribution is 8.07. The molecule has 0 amide bonds. The Morgan fingerprint density at radius 1 is 1.55 bits per heavy atom. The number of carboxylic acid groups (broad SMARTS) is 1. The average Bonchev–Trinajstić information content (AvgIpc) is 2.37. The predicted molar refractivity (Wildman–Crippen MR) is 39.5 cm³/mol. The van der Waals surface area contributed by atoms with Gasteiger partial charge in [-0.1, -0.05) is 6.07 Å². The van der Waals surface area contributed by atoms with E-state index >= 15 is 0 Å². The Bertz CT molecular complexity index is 348. The van der Waals surface area contributed by atoms with E-state index < -0.39 is 15.1 Å². The van der Waals surface area contributed by atoms with Crippen molar-refractivity contribution in [2.45, 2.75) is 4.21 Å². The first-order valence-corrected chi connectivity index (χ1v) is 4.93. The SMILES string of the molecule is O=C(O)S(=O)(=O)c1cccs1. The molecule has 0 saturated heterocycles. The van der Waals surface area contributed by atoms with Crippen molar-refractivity contribution in [2.75, 3.05) is 0 Å². The molecule has 0 aliphatic heterocycles. The lowest BCUT2D eigenvalue weighted by Gasteiger charge is -1.90. The van der Waals surface area contributed by atoms with Crippen LogP contribution < -0.4 is 0 Å². The Hall–Kier alpha value is -0.880. The van der Waals surface area contributed by atoms with Crippen LogP contribution in [-0.2, 0) is 9.84 Å². The molecular formula is C5H4O4S2. The maximum atomic E-state index is 10.8. The summed E-state index contributed by atoms with van der Waals surface area (Å²) in [5.74, 6) is 0. The molecule has 0 radical (unpaired) electrons. The summed E-state index contributed by atoms with van der Waals surface area (Å²) < 4.78 is 21.5. The molecule has 1 N–H and O–H groups in total. The van der Waals surface area contributed by atoms with E-state index in [0.717, 1.165) is 11.3 Å².